The monoisotopic (exact) mass is 300 g/mol. The van der Waals surface area contributed by atoms with E-state index in [2.05, 4.69) is 45.7 Å². The highest BCUT2D eigenvalue weighted by atomic mass is 28.4. The Bertz CT molecular complexity index is 387. The summed E-state index contributed by atoms with van der Waals surface area (Å²) in [5.41, 5.74) is 0. The largest absolute Gasteiger partial charge is 0.406 e. The average Bonchev–Trinajstić information content (AvgIpc) is 2.63. The van der Waals surface area contributed by atoms with Crippen LogP contribution in [0.15, 0.2) is 0 Å². The van der Waals surface area contributed by atoms with Crippen LogP contribution < -0.4 is 0 Å². The fraction of sp³-hybridized carbons (Fsp3) is 0.867. The molecule has 0 saturated carbocycles. The molecule has 1 aliphatic heterocycles. The predicted molar refractivity (Wildman–Crippen MR) is 81.8 cm³/mol. The Morgan fingerprint density at radius 2 is 2.00 bits per heavy atom. The summed E-state index contributed by atoms with van der Waals surface area (Å²) in [7, 11) is -1.77. The fourth-order valence-electron chi connectivity index (χ4n) is 1.54. The van der Waals surface area contributed by atoms with Crippen molar-refractivity contribution in [3.05, 3.63) is 0 Å². The molecule has 0 radical (unpaired) electrons. The van der Waals surface area contributed by atoms with Gasteiger partial charge < -0.3 is 19.0 Å². The minimum Gasteiger partial charge on any atom is -0.406 e. The molecular weight excluding hydrogens is 272 g/mol. The SMILES string of the molecule is CC1(C)OC[C@H](C(O)C#CCO[Si](C)(C)C(C)(C)C)O1. The standard InChI is InChI=1S/C15H28O4Si/c1-14(2,3)20(6,7)18-10-8-9-12(16)13-11-17-15(4,5)19-13/h12-13,16H,10-11H2,1-7H3/t12?,13-/m1/s1. The van der Waals surface area contributed by atoms with E-state index in [1.54, 1.807) is 0 Å². The maximum Gasteiger partial charge on any atom is 0.193 e. The van der Waals surface area contributed by atoms with Gasteiger partial charge in [0.25, 0.3) is 0 Å². The van der Waals surface area contributed by atoms with Crippen molar-refractivity contribution < 1.29 is 19.0 Å². The summed E-state index contributed by atoms with van der Waals surface area (Å²) in [4.78, 5) is 0. The second-order valence-corrected chi connectivity index (χ2v) is 12.0. The highest BCUT2D eigenvalue weighted by Gasteiger charge is 2.37. The highest BCUT2D eigenvalue weighted by Crippen LogP contribution is 2.36. The molecule has 0 aromatic carbocycles. The quantitative estimate of drug-likeness (QED) is 0.643. The third kappa shape index (κ3) is 4.87. The summed E-state index contributed by atoms with van der Waals surface area (Å²) < 4.78 is 16.9. The van der Waals surface area contributed by atoms with Crippen molar-refractivity contribution in [2.45, 2.75) is 70.7 Å². The topological polar surface area (TPSA) is 47.9 Å². The first-order valence-corrected chi connectivity index (χ1v) is 9.98. The van der Waals surface area contributed by atoms with Crippen molar-refractivity contribution in [1.82, 2.24) is 0 Å². The minimum absolute atomic E-state index is 0.166. The molecule has 1 N–H and O–H groups in total. The summed E-state index contributed by atoms with van der Waals surface area (Å²) in [6.07, 6.45) is -1.22. The Labute approximate surface area is 123 Å². The molecule has 1 rings (SSSR count). The molecule has 1 unspecified atom stereocenters. The van der Waals surface area contributed by atoms with Crippen LogP contribution in [0.2, 0.25) is 18.1 Å². The van der Waals surface area contributed by atoms with Crippen molar-refractivity contribution in [1.29, 1.82) is 0 Å². The molecular formula is C15H28O4Si. The van der Waals surface area contributed by atoms with Crippen LogP contribution in [0.5, 0.6) is 0 Å². The smallest absolute Gasteiger partial charge is 0.193 e. The molecule has 1 heterocycles. The van der Waals surface area contributed by atoms with Crippen LogP contribution in [0.3, 0.4) is 0 Å². The molecule has 0 aromatic heterocycles. The lowest BCUT2D eigenvalue weighted by atomic mass is 10.2. The van der Waals surface area contributed by atoms with Crippen LogP contribution >= 0.6 is 0 Å². The van der Waals surface area contributed by atoms with E-state index in [-0.39, 0.29) is 11.1 Å². The van der Waals surface area contributed by atoms with E-state index in [0.717, 1.165) is 0 Å². The lowest BCUT2D eigenvalue weighted by Gasteiger charge is -2.35. The summed E-state index contributed by atoms with van der Waals surface area (Å²) in [5.74, 6) is 5.04. The van der Waals surface area contributed by atoms with Crippen LogP contribution in [0.4, 0.5) is 0 Å². The molecule has 5 heteroatoms. The highest BCUT2D eigenvalue weighted by molar-refractivity contribution is 6.74. The Morgan fingerprint density at radius 1 is 1.40 bits per heavy atom. The molecule has 20 heavy (non-hydrogen) atoms. The van der Waals surface area contributed by atoms with Gasteiger partial charge in [0.15, 0.2) is 14.1 Å². The summed E-state index contributed by atoms with van der Waals surface area (Å²) >= 11 is 0. The van der Waals surface area contributed by atoms with Crippen molar-refractivity contribution >= 4 is 8.32 Å². The van der Waals surface area contributed by atoms with E-state index >= 15 is 0 Å². The zero-order valence-electron chi connectivity index (χ0n) is 13.7. The second kappa shape index (κ2) is 6.16. The first kappa shape index (κ1) is 17.7. The van der Waals surface area contributed by atoms with Crippen LogP contribution in [-0.2, 0) is 13.9 Å². The van der Waals surface area contributed by atoms with Crippen molar-refractivity contribution in [3.8, 4) is 11.8 Å². The molecule has 0 spiro atoms. The van der Waals surface area contributed by atoms with Gasteiger partial charge in [-0.1, -0.05) is 32.6 Å². The Morgan fingerprint density at radius 3 is 2.45 bits per heavy atom. The third-order valence-corrected chi connectivity index (χ3v) is 8.42. The van der Waals surface area contributed by atoms with Crippen molar-refractivity contribution in [2.24, 2.45) is 0 Å². The van der Waals surface area contributed by atoms with Gasteiger partial charge in [0.2, 0.25) is 0 Å². The zero-order chi connectivity index (χ0) is 15.6. The maximum absolute atomic E-state index is 9.95. The van der Waals surface area contributed by atoms with Crippen molar-refractivity contribution in [3.63, 3.8) is 0 Å². The van der Waals surface area contributed by atoms with Gasteiger partial charge in [-0.05, 0) is 32.0 Å². The minimum atomic E-state index is -1.77. The predicted octanol–water partition coefficient (Wildman–Crippen LogP) is 2.52. The normalized spacial score (nSPS) is 24.1. The Balaban J connectivity index is 2.44. The van der Waals surface area contributed by atoms with E-state index in [9.17, 15) is 5.11 Å². The van der Waals surface area contributed by atoms with Crippen LogP contribution in [0.1, 0.15) is 34.6 Å². The first-order chi connectivity index (χ1) is 8.95. The zero-order valence-corrected chi connectivity index (χ0v) is 14.7. The van der Waals surface area contributed by atoms with E-state index in [4.69, 9.17) is 13.9 Å². The summed E-state index contributed by atoms with van der Waals surface area (Å²) in [6.45, 7) is 15.3. The molecule has 1 fully saturated rings. The van der Waals surface area contributed by atoms with Gasteiger partial charge in [0.1, 0.15) is 12.2 Å². The fourth-order valence-corrected chi connectivity index (χ4v) is 2.41. The molecule has 116 valence electrons. The average molecular weight is 300 g/mol. The lowest BCUT2D eigenvalue weighted by Crippen LogP contribution is -2.40. The molecule has 1 aliphatic rings. The third-order valence-electron chi connectivity index (χ3n) is 3.94. The molecule has 2 atom stereocenters. The number of rotatable bonds is 3. The molecule has 0 aromatic rings. The maximum atomic E-state index is 9.95. The van der Waals surface area contributed by atoms with Crippen LogP contribution in [-0.4, -0.2) is 44.6 Å². The Hall–Kier alpha value is -0.383. The number of aliphatic hydroxyl groups is 1. The number of aliphatic hydroxyl groups excluding tert-OH is 1. The van der Waals surface area contributed by atoms with Gasteiger partial charge >= 0.3 is 0 Å². The number of ether oxygens (including phenoxy) is 2. The molecule has 1 saturated heterocycles. The van der Waals surface area contributed by atoms with Gasteiger partial charge in [-0.2, -0.15) is 0 Å². The van der Waals surface area contributed by atoms with E-state index in [0.29, 0.717) is 13.2 Å². The molecule has 0 aliphatic carbocycles. The molecule has 0 amide bonds. The van der Waals surface area contributed by atoms with E-state index in [1.165, 1.54) is 0 Å². The van der Waals surface area contributed by atoms with E-state index in [1.807, 2.05) is 13.8 Å². The summed E-state index contributed by atoms with van der Waals surface area (Å²) in [5, 5.41) is 10.1. The van der Waals surface area contributed by atoms with Gasteiger partial charge in [-0.3, -0.25) is 0 Å². The lowest BCUT2D eigenvalue weighted by molar-refractivity contribution is -0.146. The Kier molecular flexibility index (Phi) is 5.44. The van der Waals surface area contributed by atoms with Crippen LogP contribution in [0, 0.1) is 11.8 Å². The van der Waals surface area contributed by atoms with Gasteiger partial charge in [-0.15, -0.1) is 0 Å². The first-order valence-electron chi connectivity index (χ1n) is 7.07. The summed E-state index contributed by atoms with van der Waals surface area (Å²) in [6, 6.07) is 0. The molecule has 4 nitrogen and oxygen atoms in total. The van der Waals surface area contributed by atoms with E-state index < -0.39 is 20.2 Å². The van der Waals surface area contributed by atoms with Gasteiger partial charge in [0.05, 0.1) is 13.2 Å². The van der Waals surface area contributed by atoms with Crippen LogP contribution in [0.25, 0.3) is 0 Å². The van der Waals surface area contributed by atoms with Crippen molar-refractivity contribution in [2.75, 3.05) is 13.2 Å². The number of hydrogen-bond donors (Lipinski definition) is 1. The van der Waals surface area contributed by atoms with Gasteiger partial charge in [0, 0.05) is 0 Å². The number of hydrogen-bond acceptors (Lipinski definition) is 4. The molecule has 0 bridgehead atoms. The second-order valence-electron chi connectivity index (χ2n) is 7.18. The van der Waals surface area contributed by atoms with Gasteiger partial charge in [-0.25, -0.2) is 0 Å².